The van der Waals surface area contributed by atoms with E-state index in [0.717, 1.165) is 133 Å². The van der Waals surface area contributed by atoms with Crippen LogP contribution in [0.3, 0.4) is 0 Å². The van der Waals surface area contributed by atoms with Crippen LogP contribution in [0.5, 0.6) is 0 Å². The standard InChI is InChI=1S/C90H56N2O2/c1-5-20-57(21-6-1)67-53-79(77-51-65(45-47-70(77)61-22-7-2-8-23-61)71-31-19-34-83-88(71)73-29-14-17-33-81(73)92(83)69-26-11-4-12-27-69)90-75-48-44-64(54-85(75)94-87(90)56-67)59-36-38-60(39-37-59)66-52-76(89-74-30-15-18-35-84(74)93-86(89)55-66)62-42-40-58(41-43-62)63-46-49-82-78(50-63)72-28-13-16-32-80(72)91(82)68-24-9-3-10-25-68/h1-56H. The van der Waals surface area contributed by atoms with Crippen LogP contribution in [0.4, 0.5) is 0 Å². The Kier molecular flexibility index (Phi) is 12.3. The minimum Gasteiger partial charge on any atom is -0.456 e. The quantitative estimate of drug-likeness (QED) is 0.137. The van der Waals surface area contributed by atoms with E-state index < -0.39 is 0 Å². The van der Waals surface area contributed by atoms with Crippen LogP contribution < -0.4 is 0 Å². The van der Waals surface area contributed by atoms with Gasteiger partial charge in [0, 0.05) is 54.5 Å². The van der Waals surface area contributed by atoms with Gasteiger partial charge in [0.15, 0.2) is 0 Å². The van der Waals surface area contributed by atoms with Crippen molar-refractivity contribution in [2.24, 2.45) is 0 Å². The van der Waals surface area contributed by atoms with Crippen molar-refractivity contribution in [1.82, 2.24) is 9.13 Å². The molecule has 15 aromatic carbocycles. The van der Waals surface area contributed by atoms with Crippen molar-refractivity contribution >= 4 is 87.5 Å². The summed E-state index contributed by atoms with van der Waals surface area (Å²) in [5.41, 5.74) is 28.5. The summed E-state index contributed by atoms with van der Waals surface area (Å²) in [6, 6.07) is 123. The number of para-hydroxylation sites is 5. The number of aromatic nitrogens is 2. The van der Waals surface area contributed by atoms with E-state index in [1.807, 2.05) is 6.07 Å². The molecule has 0 spiro atoms. The summed E-state index contributed by atoms with van der Waals surface area (Å²) >= 11 is 0. The van der Waals surface area contributed by atoms with Crippen LogP contribution in [0.2, 0.25) is 0 Å². The van der Waals surface area contributed by atoms with Gasteiger partial charge in [-0.25, -0.2) is 0 Å². The molecule has 19 rings (SSSR count). The van der Waals surface area contributed by atoms with Crippen LogP contribution in [0.25, 0.3) is 188 Å². The van der Waals surface area contributed by atoms with Crippen molar-refractivity contribution in [2.75, 3.05) is 0 Å². The molecule has 19 aromatic rings. The first kappa shape index (κ1) is 53.3. The fourth-order valence-electron chi connectivity index (χ4n) is 15.0. The van der Waals surface area contributed by atoms with Gasteiger partial charge in [-0.05, 0) is 192 Å². The number of fused-ring (bicyclic) bond motifs is 12. The second-order valence-corrected chi connectivity index (χ2v) is 24.7. The van der Waals surface area contributed by atoms with Crippen molar-refractivity contribution in [3.8, 4) is 100 Å². The Hall–Kier alpha value is -12.5. The lowest BCUT2D eigenvalue weighted by molar-refractivity contribution is 0.669. The van der Waals surface area contributed by atoms with Crippen LogP contribution in [0.15, 0.2) is 349 Å². The van der Waals surface area contributed by atoms with E-state index in [1.165, 1.54) is 54.7 Å². The van der Waals surface area contributed by atoms with Crippen LogP contribution in [0, 0.1) is 0 Å². The Balaban J connectivity index is 0.706. The van der Waals surface area contributed by atoms with E-state index in [1.54, 1.807) is 0 Å². The van der Waals surface area contributed by atoms with Gasteiger partial charge in [0.25, 0.3) is 0 Å². The number of hydrogen-bond donors (Lipinski definition) is 0. The van der Waals surface area contributed by atoms with Gasteiger partial charge >= 0.3 is 0 Å². The van der Waals surface area contributed by atoms with Crippen LogP contribution in [-0.2, 0) is 0 Å². The lowest BCUT2D eigenvalue weighted by Gasteiger charge is -2.16. The van der Waals surface area contributed by atoms with Gasteiger partial charge in [-0.3, -0.25) is 0 Å². The summed E-state index contributed by atoms with van der Waals surface area (Å²) in [5, 5.41) is 9.29. The summed E-state index contributed by atoms with van der Waals surface area (Å²) in [5.74, 6) is 0. The number of nitrogens with zero attached hydrogens (tertiary/aromatic N) is 2. The molecule has 0 saturated heterocycles. The minimum absolute atomic E-state index is 0.834. The maximum absolute atomic E-state index is 7.13. The Bertz CT molecular complexity index is 6170. The first-order valence-corrected chi connectivity index (χ1v) is 32.2. The largest absolute Gasteiger partial charge is 0.456 e. The SMILES string of the molecule is c1ccc(-c2cc(-c3cc(-c4cccc5c4c4ccccc4n5-c4ccccc4)ccc3-c3ccccc3)c3c(c2)oc2cc(-c4ccc(-c5cc(-c6ccc(-c7ccc8c(c7)c7ccccc7n8-c7ccccc7)cc6)c6c(c5)oc5ccccc56)cc4)ccc23)cc1. The number of furan rings is 2. The molecule has 0 aliphatic carbocycles. The molecule has 0 fully saturated rings. The van der Waals surface area contributed by atoms with E-state index in [4.69, 9.17) is 8.83 Å². The van der Waals surface area contributed by atoms with Gasteiger partial charge in [0.2, 0.25) is 0 Å². The Morgan fingerprint density at radius 1 is 0.170 bits per heavy atom. The van der Waals surface area contributed by atoms with Crippen molar-refractivity contribution < 1.29 is 8.83 Å². The molecule has 0 bridgehead atoms. The third-order valence-corrected chi connectivity index (χ3v) is 19.3. The highest BCUT2D eigenvalue weighted by molar-refractivity contribution is 6.19. The third kappa shape index (κ3) is 8.69. The van der Waals surface area contributed by atoms with Gasteiger partial charge < -0.3 is 18.0 Å². The highest BCUT2D eigenvalue weighted by Crippen LogP contribution is 2.48. The van der Waals surface area contributed by atoms with Gasteiger partial charge in [0.05, 0.1) is 22.1 Å². The normalized spacial score (nSPS) is 11.8. The second kappa shape index (κ2) is 21.6. The van der Waals surface area contributed by atoms with Crippen LogP contribution in [0.1, 0.15) is 0 Å². The number of rotatable bonds is 10. The third-order valence-electron chi connectivity index (χ3n) is 19.3. The first-order chi connectivity index (χ1) is 46.6. The molecule has 0 aliphatic rings. The highest BCUT2D eigenvalue weighted by atomic mass is 16.3. The Morgan fingerprint density at radius 3 is 1.29 bits per heavy atom. The molecular weight excluding hydrogens is 1140 g/mol. The molecule has 0 amide bonds. The fraction of sp³-hybridized carbons (Fsp3) is 0. The molecule has 4 heterocycles. The molecular formula is C90H56N2O2. The van der Waals surface area contributed by atoms with E-state index in [9.17, 15) is 0 Å². The van der Waals surface area contributed by atoms with Gasteiger partial charge in [-0.1, -0.05) is 237 Å². The zero-order valence-electron chi connectivity index (χ0n) is 51.0. The molecule has 0 unspecified atom stereocenters. The van der Waals surface area contributed by atoms with Gasteiger partial charge in [-0.2, -0.15) is 0 Å². The summed E-state index contributed by atoms with van der Waals surface area (Å²) in [4.78, 5) is 0. The van der Waals surface area contributed by atoms with E-state index in [0.29, 0.717) is 0 Å². The highest BCUT2D eigenvalue weighted by Gasteiger charge is 2.23. The molecule has 94 heavy (non-hydrogen) atoms. The van der Waals surface area contributed by atoms with Crippen molar-refractivity contribution in [3.63, 3.8) is 0 Å². The average molecular weight is 1200 g/mol. The zero-order chi connectivity index (χ0) is 61.8. The maximum Gasteiger partial charge on any atom is 0.136 e. The molecule has 0 aliphatic heterocycles. The lowest BCUT2D eigenvalue weighted by atomic mass is 9.87. The predicted molar refractivity (Wildman–Crippen MR) is 393 cm³/mol. The van der Waals surface area contributed by atoms with Crippen LogP contribution in [-0.4, -0.2) is 9.13 Å². The lowest BCUT2D eigenvalue weighted by Crippen LogP contribution is -1.93. The number of benzene rings is 15. The van der Waals surface area contributed by atoms with Crippen LogP contribution >= 0.6 is 0 Å². The summed E-state index contributed by atoms with van der Waals surface area (Å²) in [6.45, 7) is 0. The van der Waals surface area contributed by atoms with Crippen molar-refractivity contribution in [1.29, 1.82) is 0 Å². The molecule has 0 radical (unpaired) electrons. The molecule has 0 N–H and O–H groups in total. The molecule has 4 heteroatoms. The molecule has 4 aromatic heterocycles. The summed E-state index contributed by atoms with van der Waals surface area (Å²) < 4.78 is 18.6. The average Bonchev–Trinajstić information content (AvgIpc) is 1.52. The first-order valence-electron chi connectivity index (χ1n) is 32.2. The van der Waals surface area contributed by atoms with E-state index >= 15 is 0 Å². The molecule has 438 valence electrons. The maximum atomic E-state index is 7.13. The second-order valence-electron chi connectivity index (χ2n) is 24.7. The van der Waals surface area contributed by atoms with Crippen molar-refractivity contribution in [2.45, 2.75) is 0 Å². The van der Waals surface area contributed by atoms with Gasteiger partial charge in [-0.15, -0.1) is 0 Å². The predicted octanol–water partition coefficient (Wildman–Crippen LogP) is 25.0. The monoisotopic (exact) mass is 1200 g/mol. The molecule has 4 nitrogen and oxygen atoms in total. The minimum atomic E-state index is 0.834. The number of hydrogen-bond acceptors (Lipinski definition) is 2. The van der Waals surface area contributed by atoms with Crippen molar-refractivity contribution in [3.05, 3.63) is 340 Å². The smallest absolute Gasteiger partial charge is 0.136 e. The molecule has 0 saturated carbocycles. The Morgan fingerprint density at radius 2 is 0.596 bits per heavy atom. The summed E-state index contributed by atoms with van der Waals surface area (Å²) in [6.07, 6.45) is 0. The topological polar surface area (TPSA) is 36.1 Å². The molecule has 0 atom stereocenters. The van der Waals surface area contributed by atoms with Gasteiger partial charge in [0.1, 0.15) is 22.3 Å². The fourth-order valence-corrected chi connectivity index (χ4v) is 15.0. The van der Waals surface area contributed by atoms with E-state index in [2.05, 4.69) is 343 Å². The zero-order valence-corrected chi connectivity index (χ0v) is 51.0. The Labute approximate surface area is 542 Å². The van der Waals surface area contributed by atoms with E-state index in [-0.39, 0.29) is 0 Å². The summed E-state index contributed by atoms with van der Waals surface area (Å²) in [7, 11) is 0.